The Morgan fingerprint density at radius 3 is 3.14 bits per heavy atom. The molecule has 4 nitrogen and oxygen atoms in total. The fourth-order valence-electron chi connectivity index (χ4n) is 3.30. The zero-order chi connectivity index (χ0) is 14.7. The molecule has 0 spiro atoms. The summed E-state index contributed by atoms with van der Waals surface area (Å²) in [7, 11) is 1.91. The van der Waals surface area contributed by atoms with Crippen LogP contribution in [-0.4, -0.2) is 28.3 Å². The van der Waals surface area contributed by atoms with E-state index in [2.05, 4.69) is 21.4 Å². The first kappa shape index (κ1) is 14.4. The summed E-state index contributed by atoms with van der Waals surface area (Å²) in [6, 6.07) is 10.6. The second kappa shape index (κ2) is 6.08. The van der Waals surface area contributed by atoms with Crippen LogP contribution < -0.4 is 5.32 Å². The van der Waals surface area contributed by atoms with Gasteiger partial charge in [-0.05, 0) is 44.4 Å². The van der Waals surface area contributed by atoms with E-state index in [9.17, 15) is 5.26 Å². The number of thioether (sulfide) groups is 1. The molecule has 1 aliphatic carbocycles. The highest BCUT2D eigenvalue weighted by atomic mass is 32.2. The van der Waals surface area contributed by atoms with E-state index in [1.54, 1.807) is 11.8 Å². The molecule has 2 aromatic rings. The molecule has 1 aliphatic rings. The van der Waals surface area contributed by atoms with Crippen molar-refractivity contribution in [1.82, 2.24) is 15.3 Å². The Bertz CT molecular complexity index is 627. The lowest BCUT2D eigenvalue weighted by Crippen LogP contribution is -2.44. The SMILES string of the molecule is CNC1(C#N)CCCC1CCSc1nc2ccccc2[nH]1. The molecule has 1 fully saturated rings. The van der Waals surface area contributed by atoms with E-state index >= 15 is 0 Å². The summed E-state index contributed by atoms with van der Waals surface area (Å²) in [5, 5.41) is 13.7. The van der Waals surface area contributed by atoms with Gasteiger partial charge in [-0.1, -0.05) is 30.3 Å². The quantitative estimate of drug-likeness (QED) is 0.831. The molecule has 21 heavy (non-hydrogen) atoms. The molecule has 2 N–H and O–H groups in total. The van der Waals surface area contributed by atoms with Crippen LogP contribution >= 0.6 is 11.8 Å². The molecule has 1 aromatic carbocycles. The number of hydrogen-bond acceptors (Lipinski definition) is 4. The van der Waals surface area contributed by atoms with E-state index < -0.39 is 0 Å². The van der Waals surface area contributed by atoms with Crippen LogP contribution in [0.1, 0.15) is 25.7 Å². The Hall–Kier alpha value is -1.51. The van der Waals surface area contributed by atoms with E-state index in [1.165, 1.54) is 0 Å². The number of hydrogen-bond donors (Lipinski definition) is 2. The predicted molar refractivity (Wildman–Crippen MR) is 86.2 cm³/mol. The lowest BCUT2D eigenvalue weighted by Gasteiger charge is -2.27. The Morgan fingerprint density at radius 2 is 2.38 bits per heavy atom. The van der Waals surface area contributed by atoms with Crippen molar-refractivity contribution in [2.45, 2.75) is 36.4 Å². The van der Waals surface area contributed by atoms with Crippen molar-refractivity contribution in [3.63, 3.8) is 0 Å². The van der Waals surface area contributed by atoms with Crippen LogP contribution in [0.3, 0.4) is 0 Å². The summed E-state index contributed by atoms with van der Waals surface area (Å²) in [6.07, 6.45) is 4.32. The number of nitrogens with one attached hydrogen (secondary N) is 2. The molecule has 1 heterocycles. The normalized spacial score (nSPS) is 25.2. The van der Waals surface area contributed by atoms with Crippen molar-refractivity contribution < 1.29 is 0 Å². The minimum atomic E-state index is -0.311. The summed E-state index contributed by atoms with van der Waals surface area (Å²) in [6.45, 7) is 0. The number of aromatic nitrogens is 2. The summed E-state index contributed by atoms with van der Waals surface area (Å²) >= 11 is 1.75. The van der Waals surface area contributed by atoms with Gasteiger partial charge in [0.15, 0.2) is 5.16 Å². The van der Waals surface area contributed by atoms with Crippen molar-refractivity contribution in [2.24, 2.45) is 5.92 Å². The monoisotopic (exact) mass is 300 g/mol. The van der Waals surface area contributed by atoms with Crippen LogP contribution in [0.25, 0.3) is 11.0 Å². The van der Waals surface area contributed by atoms with Crippen LogP contribution in [0.15, 0.2) is 29.4 Å². The predicted octanol–water partition coefficient (Wildman–Crippen LogP) is 3.33. The van der Waals surface area contributed by atoms with E-state index in [0.717, 1.165) is 47.6 Å². The third kappa shape index (κ3) is 2.78. The van der Waals surface area contributed by atoms with Crippen molar-refractivity contribution in [3.05, 3.63) is 24.3 Å². The van der Waals surface area contributed by atoms with Crippen molar-refractivity contribution in [1.29, 1.82) is 5.26 Å². The van der Waals surface area contributed by atoms with Gasteiger partial charge in [0.05, 0.1) is 17.1 Å². The van der Waals surface area contributed by atoms with E-state index in [1.807, 2.05) is 31.3 Å². The Kier molecular flexibility index (Phi) is 4.18. The van der Waals surface area contributed by atoms with Crippen LogP contribution in [0, 0.1) is 17.2 Å². The fourth-order valence-corrected chi connectivity index (χ4v) is 4.24. The molecular weight excluding hydrogens is 280 g/mol. The number of rotatable bonds is 5. The lowest BCUT2D eigenvalue weighted by atomic mass is 9.87. The number of nitrogens with zero attached hydrogens (tertiary/aromatic N) is 2. The summed E-state index contributed by atoms with van der Waals surface area (Å²) in [5.41, 5.74) is 1.79. The largest absolute Gasteiger partial charge is 0.333 e. The van der Waals surface area contributed by atoms with Crippen LogP contribution in [0.5, 0.6) is 0 Å². The summed E-state index contributed by atoms with van der Waals surface area (Å²) in [5.74, 6) is 1.44. The number of fused-ring (bicyclic) bond motifs is 1. The van der Waals surface area contributed by atoms with E-state index in [0.29, 0.717) is 5.92 Å². The number of H-pyrrole nitrogens is 1. The molecule has 1 saturated carbocycles. The molecule has 110 valence electrons. The maximum Gasteiger partial charge on any atom is 0.166 e. The molecule has 0 bridgehead atoms. The number of aromatic amines is 1. The molecule has 0 radical (unpaired) electrons. The van der Waals surface area contributed by atoms with Gasteiger partial charge in [-0.15, -0.1) is 0 Å². The van der Waals surface area contributed by atoms with Gasteiger partial charge in [0.1, 0.15) is 5.54 Å². The first-order valence-corrected chi connectivity index (χ1v) is 8.44. The zero-order valence-electron chi connectivity index (χ0n) is 12.2. The standard InChI is InChI=1S/C16H20N4S/c1-18-16(11-17)9-4-5-12(16)8-10-21-15-19-13-6-2-3-7-14(13)20-15/h2-3,6-7,12,18H,4-5,8-10H2,1H3,(H,19,20). The second-order valence-electron chi connectivity index (χ2n) is 5.62. The number of para-hydroxylation sites is 2. The minimum absolute atomic E-state index is 0.311. The van der Waals surface area contributed by atoms with Gasteiger partial charge in [-0.25, -0.2) is 4.98 Å². The van der Waals surface area contributed by atoms with Gasteiger partial charge < -0.3 is 10.3 Å². The first-order chi connectivity index (χ1) is 10.3. The van der Waals surface area contributed by atoms with Crippen molar-refractivity contribution in [3.8, 4) is 6.07 Å². The van der Waals surface area contributed by atoms with Gasteiger partial charge in [0.2, 0.25) is 0 Å². The van der Waals surface area contributed by atoms with E-state index in [-0.39, 0.29) is 5.54 Å². The molecule has 3 rings (SSSR count). The molecule has 0 saturated heterocycles. The summed E-state index contributed by atoms with van der Waals surface area (Å²) in [4.78, 5) is 7.92. The fraction of sp³-hybridized carbons (Fsp3) is 0.500. The molecule has 0 amide bonds. The molecule has 0 aliphatic heterocycles. The molecule has 2 atom stereocenters. The highest BCUT2D eigenvalue weighted by Gasteiger charge is 2.41. The zero-order valence-corrected chi connectivity index (χ0v) is 13.0. The number of benzene rings is 1. The average Bonchev–Trinajstić information content (AvgIpc) is 3.11. The van der Waals surface area contributed by atoms with Gasteiger partial charge in [-0.2, -0.15) is 5.26 Å². The molecule has 5 heteroatoms. The Morgan fingerprint density at radius 1 is 1.52 bits per heavy atom. The van der Waals surface area contributed by atoms with Crippen molar-refractivity contribution in [2.75, 3.05) is 12.8 Å². The third-order valence-electron chi connectivity index (χ3n) is 4.54. The van der Waals surface area contributed by atoms with Crippen LogP contribution in [-0.2, 0) is 0 Å². The van der Waals surface area contributed by atoms with Gasteiger partial charge in [0.25, 0.3) is 0 Å². The second-order valence-corrected chi connectivity index (χ2v) is 6.70. The van der Waals surface area contributed by atoms with Crippen LogP contribution in [0.2, 0.25) is 0 Å². The Balaban J connectivity index is 1.60. The topological polar surface area (TPSA) is 64.5 Å². The van der Waals surface area contributed by atoms with Gasteiger partial charge in [-0.3, -0.25) is 0 Å². The highest BCUT2D eigenvalue weighted by molar-refractivity contribution is 7.99. The minimum Gasteiger partial charge on any atom is -0.333 e. The van der Waals surface area contributed by atoms with Crippen molar-refractivity contribution >= 4 is 22.8 Å². The number of nitriles is 1. The number of imidazole rings is 1. The van der Waals surface area contributed by atoms with Crippen LogP contribution in [0.4, 0.5) is 0 Å². The molecular formula is C16H20N4S. The van der Waals surface area contributed by atoms with E-state index in [4.69, 9.17) is 0 Å². The third-order valence-corrected chi connectivity index (χ3v) is 5.45. The van der Waals surface area contributed by atoms with Gasteiger partial charge in [0, 0.05) is 5.75 Å². The highest BCUT2D eigenvalue weighted by Crippen LogP contribution is 2.38. The Labute approximate surface area is 129 Å². The molecule has 2 unspecified atom stereocenters. The lowest BCUT2D eigenvalue weighted by molar-refractivity contribution is 0.332. The smallest absolute Gasteiger partial charge is 0.166 e. The maximum atomic E-state index is 9.46. The first-order valence-electron chi connectivity index (χ1n) is 7.45. The maximum absolute atomic E-state index is 9.46. The average molecular weight is 300 g/mol. The summed E-state index contributed by atoms with van der Waals surface area (Å²) < 4.78 is 0. The van der Waals surface area contributed by atoms with Gasteiger partial charge >= 0.3 is 0 Å². The molecule has 1 aromatic heterocycles.